The monoisotopic (exact) mass is 428 g/mol. The molecule has 0 radical (unpaired) electrons. The van der Waals surface area contributed by atoms with E-state index in [0.29, 0.717) is 0 Å². The molecule has 4 nitrogen and oxygen atoms in total. The van der Waals surface area contributed by atoms with E-state index in [2.05, 4.69) is 106 Å². The van der Waals surface area contributed by atoms with Crippen LogP contribution in [-0.2, 0) is 19.5 Å². The third-order valence-corrected chi connectivity index (χ3v) is 4.83. The predicted molar refractivity (Wildman–Crippen MR) is 116 cm³/mol. The summed E-state index contributed by atoms with van der Waals surface area (Å²) in [6.07, 6.45) is 24.7. The molecule has 0 unspecified atom stereocenters. The number of nitrogens with zero attached hydrogens (tertiary/aromatic N) is 4. The first-order valence-electron chi connectivity index (χ1n) is 9.30. The molecule has 4 aliphatic rings. The number of para-hydroxylation sites is 2. The van der Waals surface area contributed by atoms with Gasteiger partial charge in [-0.3, -0.25) is 20.0 Å². The van der Waals surface area contributed by atoms with Crippen LogP contribution in [0.3, 0.4) is 0 Å². The van der Waals surface area contributed by atoms with Crippen molar-refractivity contribution >= 4 is 23.5 Å². The van der Waals surface area contributed by atoms with Crippen LogP contribution in [0.2, 0.25) is 0 Å². The first kappa shape index (κ1) is 19.0. The average Bonchev–Trinajstić information content (AvgIpc) is 2.79. The van der Waals surface area contributed by atoms with Gasteiger partial charge in [0, 0.05) is 48.3 Å². The predicted octanol–water partition coefficient (Wildman–Crippen LogP) is 5.47. The largest absolute Gasteiger partial charge is 2.00 e. The van der Waals surface area contributed by atoms with Crippen molar-refractivity contribution < 1.29 is 19.5 Å². The second-order valence-electron chi connectivity index (χ2n) is 6.56. The maximum Gasteiger partial charge on any atom is 2.00 e. The third-order valence-electron chi connectivity index (χ3n) is 4.83. The number of hydrogen-bond donors (Lipinski definition) is 0. The zero-order valence-corrected chi connectivity index (χ0v) is 19.0. The molecule has 0 amide bonds. The Balaban J connectivity index is 0.000000137. The van der Waals surface area contributed by atoms with Crippen molar-refractivity contribution in [2.24, 2.45) is 0 Å². The van der Waals surface area contributed by atoms with Gasteiger partial charge in [0.2, 0.25) is 0 Å². The SMILES string of the molecule is C1=CN2C=Cc3ccccc3N2C=C1.C1=CN2C=Cc3ccccc3N2C=C1.[Zn+2]. The molecule has 0 aromatic heterocycles. The Kier molecular flexibility index (Phi) is 5.50. The summed E-state index contributed by atoms with van der Waals surface area (Å²) in [4.78, 5) is 0. The van der Waals surface area contributed by atoms with Crippen LogP contribution in [0.15, 0.2) is 110 Å². The number of hydrogen-bond acceptors (Lipinski definition) is 4. The summed E-state index contributed by atoms with van der Waals surface area (Å²) in [5, 5.41) is 8.36. The molecule has 4 aliphatic heterocycles. The fraction of sp³-hybridized carbons (Fsp3) is 0. The van der Waals surface area contributed by atoms with Crippen LogP contribution in [0.4, 0.5) is 11.4 Å². The van der Waals surface area contributed by atoms with E-state index in [1.54, 1.807) is 0 Å². The van der Waals surface area contributed by atoms with E-state index in [9.17, 15) is 0 Å². The Morgan fingerprint density at radius 3 is 1.34 bits per heavy atom. The summed E-state index contributed by atoms with van der Waals surface area (Å²) < 4.78 is 0. The number of allylic oxidation sites excluding steroid dienone is 4. The van der Waals surface area contributed by atoms with Gasteiger partial charge in [0.05, 0.1) is 11.4 Å². The Bertz CT molecular complexity index is 979. The second kappa shape index (κ2) is 8.38. The number of benzene rings is 2. The van der Waals surface area contributed by atoms with Gasteiger partial charge in [-0.05, 0) is 48.6 Å². The molecule has 5 heteroatoms. The molecule has 136 valence electrons. The van der Waals surface area contributed by atoms with Gasteiger partial charge in [-0.25, -0.2) is 0 Å². The minimum absolute atomic E-state index is 0. The molecule has 4 heterocycles. The summed E-state index contributed by atoms with van der Waals surface area (Å²) in [6.45, 7) is 0. The fourth-order valence-corrected chi connectivity index (χ4v) is 3.48. The van der Waals surface area contributed by atoms with Crippen molar-refractivity contribution in [3.05, 3.63) is 121 Å². The quantitative estimate of drug-likeness (QED) is 0.515. The molecule has 0 saturated carbocycles. The van der Waals surface area contributed by atoms with Crippen molar-refractivity contribution in [1.29, 1.82) is 0 Å². The van der Waals surface area contributed by atoms with Crippen LogP contribution in [0, 0.1) is 0 Å². The standard InChI is InChI=1S/2C12H10N2.Zn/c2*1-2-6-12-11(5-1)7-10-13-8-3-4-9-14(12)13;/h2*1-10H;/q;;+2. The van der Waals surface area contributed by atoms with Gasteiger partial charge < -0.3 is 0 Å². The molecule has 2 aromatic carbocycles. The van der Waals surface area contributed by atoms with Gasteiger partial charge in [-0.1, -0.05) is 36.4 Å². The summed E-state index contributed by atoms with van der Waals surface area (Å²) in [6, 6.07) is 16.7. The molecular formula is C24H20N4Zn+2. The van der Waals surface area contributed by atoms with Crippen LogP contribution < -0.4 is 10.0 Å². The minimum atomic E-state index is 0. The number of rotatable bonds is 0. The van der Waals surface area contributed by atoms with Crippen LogP contribution in [0.1, 0.15) is 11.1 Å². The van der Waals surface area contributed by atoms with Crippen LogP contribution in [-0.4, -0.2) is 10.0 Å². The Morgan fingerprint density at radius 1 is 0.448 bits per heavy atom. The molecule has 0 atom stereocenters. The molecule has 0 saturated heterocycles. The van der Waals surface area contributed by atoms with Crippen LogP contribution >= 0.6 is 0 Å². The first-order valence-corrected chi connectivity index (χ1v) is 9.30. The van der Waals surface area contributed by atoms with E-state index < -0.39 is 0 Å². The number of fused-ring (bicyclic) bond motifs is 6. The zero-order chi connectivity index (χ0) is 18.8. The van der Waals surface area contributed by atoms with Crippen molar-refractivity contribution in [2.75, 3.05) is 10.0 Å². The van der Waals surface area contributed by atoms with Gasteiger partial charge in [0.25, 0.3) is 0 Å². The average molecular weight is 430 g/mol. The molecule has 0 fully saturated rings. The first-order chi connectivity index (χ1) is 13.9. The van der Waals surface area contributed by atoms with Gasteiger partial charge in [-0.2, -0.15) is 0 Å². The number of anilines is 2. The van der Waals surface area contributed by atoms with Gasteiger partial charge in [0.1, 0.15) is 0 Å². The molecule has 0 N–H and O–H groups in total. The van der Waals surface area contributed by atoms with E-state index in [1.165, 1.54) is 22.5 Å². The van der Waals surface area contributed by atoms with E-state index in [4.69, 9.17) is 0 Å². The maximum absolute atomic E-state index is 2.12. The summed E-state index contributed by atoms with van der Waals surface area (Å²) >= 11 is 0. The normalized spacial score (nSPS) is 16.3. The van der Waals surface area contributed by atoms with Gasteiger partial charge >= 0.3 is 19.5 Å². The number of hydrazine groups is 2. The molecule has 0 aliphatic carbocycles. The molecular weight excluding hydrogens is 410 g/mol. The van der Waals surface area contributed by atoms with Gasteiger partial charge in [0.15, 0.2) is 0 Å². The van der Waals surface area contributed by atoms with E-state index >= 15 is 0 Å². The Hall–Kier alpha value is -3.30. The second-order valence-corrected chi connectivity index (χ2v) is 6.56. The minimum Gasteiger partial charge on any atom is -0.264 e. The van der Waals surface area contributed by atoms with Gasteiger partial charge in [-0.15, -0.1) is 0 Å². The van der Waals surface area contributed by atoms with Crippen LogP contribution in [0.5, 0.6) is 0 Å². The smallest absolute Gasteiger partial charge is 0.264 e. The zero-order valence-electron chi connectivity index (χ0n) is 16.0. The molecule has 2 aromatic rings. The van der Waals surface area contributed by atoms with Crippen molar-refractivity contribution in [3.63, 3.8) is 0 Å². The molecule has 29 heavy (non-hydrogen) atoms. The Morgan fingerprint density at radius 2 is 0.862 bits per heavy atom. The van der Waals surface area contributed by atoms with Crippen LogP contribution in [0.25, 0.3) is 12.2 Å². The van der Waals surface area contributed by atoms with Crippen molar-refractivity contribution in [3.8, 4) is 0 Å². The fourth-order valence-electron chi connectivity index (χ4n) is 3.48. The molecule has 6 rings (SSSR count). The summed E-state index contributed by atoms with van der Waals surface area (Å²) in [7, 11) is 0. The third kappa shape index (κ3) is 3.69. The summed E-state index contributed by atoms with van der Waals surface area (Å²) in [5.74, 6) is 0. The summed E-state index contributed by atoms with van der Waals surface area (Å²) in [5.41, 5.74) is 4.94. The topological polar surface area (TPSA) is 13.0 Å². The molecule has 0 bridgehead atoms. The van der Waals surface area contributed by atoms with Crippen molar-refractivity contribution in [1.82, 2.24) is 10.0 Å². The Labute approximate surface area is 184 Å². The molecule has 0 spiro atoms. The van der Waals surface area contributed by atoms with E-state index in [1.807, 2.05) is 36.7 Å². The maximum atomic E-state index is 2.12. The van der Waals surface area contributed by atoms with Crippen molar-refractivity contribution in [2.45, 2.75) is 0 Å². The van der Waals surface area contributed by atoms with E-state index in [0.717, 1.165) is 0 Å². The van der Waals surface area contributed by atoms with E-state index in [-0.39, 0.29) is 19.5 Å².